The maximum atomic E-state index is 12.4. The number of benzene rings is 1. The molecule has 0 saturated heterocycles. The maximum Gasteiger partial charge on any atom is 0.229 e. The molecular formula is C15H21N5O. The first-order valence-corrected chi connectivity index (χ1v) is 6.99. The first-order chi connectivity index (χ1) is 10.0. The Labute approximate surface area is 124 Å². The number of nitrogens with one attached hydrogen (secondary N) is 1. The van der Waals surface area contributed by atoms with Crippen LogP contribution in [0, 0.1) is 11.8 Å². The average Bonchev–Trinajstić information content (AvgIpc) is 2.86. The molecule has 1 atom stereocenters. The third kappa shape index (κ3) is 3.28. The second-order valence-corrected chi connectivity index (χ2v) is 5.39. The Bertz CT molecular complexity index is 620. The van der Waals surface area contributed by atoms with Crippen LogP contribution in [0.5, 0.6) is 0 Å². The largest absolute Gasteiger partial charge is 0.330 e. The van der Waals surface area contributed by atoms with Crippen LogP contribution in [-0.4, -0.2) is 27.2 Å². The van der Waals surface area contributed by atoms with Crippen LogP contribution in [0.15, 0.2) is 30.6 Å². The Morgan fingerprint density at radius 1 is 1.38 bits per heavy atom. The summed E-state index contributed by atoms with van der Waals surface area (Å²) in [7, 11) is 1.87. The summed E-state index contributed by atoms with van der Waals surface area (Å²) in [5.41, 5.74) is 7.26. The van der Waals surface area contributed by atoms with Gasteiger partial charge in [-0.15, -0.1) is 10.2 Å². The van der Waals surface area contributed by atoms with Crippen LogP contribution in [0.2, 0.25) is 0 Å². The van der Waals surface area contributed by atoms with Crippen LogP contribution in [0.1, 0.15) is 13.8 Å². The number of rotatable bonds is 5. The highest BCUT2D eigenvalue weighted by atomic mass is 16.1. The lowest BCUT2D eigenvalue weighted by Crippen LogP contribution is -2.33. The zero-order valence-corrected chi connectivity index (χ0v) is 12.6. The van der Waals surface area contributed by atoms with Crippen molar-refractivity contribution in [1.82, 2.24) is 14.8 Å². The van der Waals surface area contributed by atoms with Crippen LogP contribution >= 0.6 is 0 Å². The molecule has 1 heterocycles. The highest BCUT2D eigenvalue weighted by Gasteiger charge is 2.22. The first kappa shape index (κ1) is 15.2. The van der Waals surface area contributed by atoms with E-state index >= 15 is 0 Å². The SMILES string of the molecule is CC(C)C(CN)C(=O)Nc1ccccc1-c1nncn1C. The fourth-order valence-corrected chi connectivity index (χ4v) is 2.22. The maximum absolute atomic E-state index is 12.4. The van der Waals surface area contributed by atoms with Crippen LogP contribution < -0.4 is 11.1 Å². The summed E-state index contributed by atoms with van der Waals surface area (Å²) < 4.78 is 1.81. The molecule has 0 aliphatic carbocycles. The molecule has 0 spiro atoms. The molecule has 0 radical (unpaired) electrons. The van der Waals surface area contributed by atoms with Crippen LogP contribution in [-0.2, 0) is 11.8 Å². The molecule has 112 valence electrons. The molecule has 6 heteroatoms. The van der Waals surface area contributed by atoms with E-state index in [1.54, 1.807) is 6.33 Å². The molecule has 1 unspecified atom stereocenters. The van der Waals surface area contributed by atoms with Gasteiger partial charge >= 0.3 is 0 Å². The number of nitrogens with two attached hydrogens (primary N) is 1. The summed E-state index contributed by atoms with van der Waals surface area (Å²) in [5, 5.41) is 10.9. The summed E-state index contributed by atoms with van der Waals surface area (Å²) in [6, 6.07) is 7.55. The van der Waals surface area contributed by atoms with Gasteiger partial charge in [0.25, 0.3) is 0 Å². The molecule has 0 aliphatic heterocycles. The molecule has 1 aromatic heterocycles. The predicted octanol–water partition coefficient (Wildman–Crippen LogP) is 1.65. The molecule has 0 saturated carbocycles. The van der Waals surface area contributed by atoms with E-state index in [0.717, 1.165) is 11.3 Å². The number of hydrogen-bond acceptors (Lipinski definition) is 4. The number of para-hydroxylation sites is 1. The minimum absolute atomic E-state index is 0.0675. The smallest absolute Gasteiger partial charge is 0.229 e. The van der Waals surface area contributed by atoms with Crippen LogP contribution in [0.25, 0.3) is 11.4 Å². The Hall–Kier alpha value is -2.21. The fraction of sp³-hybridized carbons (Fsp3) is 0.400. The van der Waals surface area contributed by atoms with Crippen molar-refractivity contribution < 1.29 is 4.79 Å². The highest BCUT2D eigenvalue weighted by Crippen LogP contribution is 2.26. The van der Waals surface area contributed by atoms with E-state index < -0.39 is 0 Å². The Kier molecular flexibility index (Phi) is 4.70. The van der Waals surface area contributed by atoms with Gasteiger partial charge in [0.15, 0.2) is 5.82 Å². The van der Waals surface area contributed by atoms with Crippen molar-refractivity contribution in [3.8, 4) is 11.4 Å². The molecule has 3 N–H and O–H groups in total. The van der Waals surface area contributed by atoms with Gasteiger partial charge in [0.05, 0.1) is 11.6 Å². The minimum atomic E-state index is -0.211. The molecule has 0 fully saturated rings. The van der Waals surface area contributed by atoms with Crippen LogP contribution in [0.3, 0.4) is 0 Å². The number of aromatic nitrogens is 3. The molecule has 2 rings (SSSR count). The van der Waals surface area contributed by atoms with Gasteiger partial charge in [-0.05, 0) is 18.1 Å². The summed E-state index contributed by atoms with van der Waals surface area (Å²) in [4.78, 5) is 12.4. The van der Waals surface area contributed by atoms with Crippen molar-refractivity contribution in [1.29, 1.82) is 0 Å². The van der Waals surface area contributed by atoms with Gasteiger partial charge in [-0.1, -0.05) is 26.0 Å². The van der Waals surface area contributed by atoms with E-state index in [9.17, 15) is 4.79 Å². The molecule has 1 aromatic carbocycles. The Morgan fingerprint density at radius 3 is 2.67 bits per heavy atom. The fourth-order valence-electron chi connectivity index (χ4n) is 2.22. The molecule has 6 nitrogen and oxygen atoms in total. The molecule has 2 aromatic rings. The topological polar surface area (TPSA) is 85.8 Å². The summed E-state index contributed by atoms with van der Waals surface area (Å²) in [5.74, 6) is 0.622. The normalized spacial score (nSPS) is 12.4. The quantitative estimate of drug-likeness (QED) is 0.875. The van der Waals surface area contributed by atoms with Gasteiger partial charge in [-0.3, -0.25) is 4.79 Å². The van der Waals surface area contributed by atoms with Crippen molar-refractivity contribution in [2.45, 2.75) is 13.8 Å². The van der Waals surface area contributed by atoms with Crippen molar-refractivity contribution >= 4 is 11.6 Å². The van der Waals surface area contributed by atoms with Crippen molar-refractivity contribution in [3.05, 3.63) is 30.6 Å². The summed E-state index contributed by atoms with van der Waals surface area (Å²) in [6.07, 6.45) is 1.63. The molecular weight excluding hydrogens is 266 g/mol. The first-order valence-electron chi connectivity index (χ1n) is 6.99. The van der Waals surface area contributed by atoms with Crippen molar-refractivity contribution in [3.63, 3.8) is 0 Å². The monoisotopic (exact) mass is 287 g/mol. The van der Waals surface area contributed by atoms with Crippen LogP contribution in [0.4, 0.5) is 5.69 Å². The minimum Gasteiger partial charge on any atom is -0.330 e. The lowest BCUT2D eigenvalue weighted by Gasteiger charge is -2.19. The van der Waals surface area contributed by atoms with Crippen molar-refractivity contribution in [2.75, 3.05) is 11.9 Å². The lowest BCUT2D eigenvalue weighted by molar-refractivity contribution is -0.120. The molecule has 0 bridgehead atoms. The second kappa shape index (κ2) is 6.49. The standard InChI is InChI=1S/C15H21N5O/c1-10(2)12(8-16)15(21)18-13-7-5-4-6-11(13)14-19-17-9-20(14)3/h4-7,9-10,12H,8,16H2,1-3H3,(H,18,21). The number of carbonyl (C=O) groups is 1. The van der Waals surface area contributed by atoms with Gasteiger partial charge in [0.1, 0.15) is 6.33 Å². The number of nitrogens with zero attached hydrogens (tertiary/aromatic N) is 3. The Morgan fingerprint density at radius 2 is 2.10 bits per heavy atom. The van der Waals surface area contributed by atoms with Gasteiger partial charge in [-0.2, -0.15) is 0 Å². The predicted molar refractivity (Wildman–Crippen MR) is 82.5 cm³/mol. The number of aryl methyl sites for hydroxylation is 1. The lowest BCUT2D eigenvalue weighted by atomic mass is 9.95. The van der Waals surface area contributed by atoms with Gasteiger partial charge in [0.2, 0.25) is 5.91 Å². The third-order valence-electron chi connectivity index (χ3n) is 3.53. The summed E-state index contributed by atoms with van der Waals surface area (Å²) in [6.45, 7) is 4.31. The second-order valence-electron chi connectivity index (χ2n) is 5.39. The van der Waals surface area contributed by atoms with E-state index in [1.807, 2.05) is 49.7 Å². The van der Waals surface area contributed by atoms with E-state index in [4.69, 9.17) is 5.73 Å². The Balaban J connectivity index is 2.30. The van der Waals surface area contributed by atoms with E-state index in [2.05, 4.69) is 15.5 Å². The van der Waals surface area contributed by atoms with E-state index in [0.29, 0.717) is 12.4 Å². The van der Waals surface area contributed by atoms with Crippen molar-refractivity contribution in [2.24, 2.45) is 24.6 Å². The zero-order valence-electron chi connectivity index (χ0n) is 12.6. The average molecular weight is 287 g/mol. The third-order valence-corrected chi connectivity index (χ3v) is 3.53. The molecule has 21 heavy (non-hydrogen) atoms. The summed E-state index contributed by atoms with van der Waals surface area (Å²) >= 11 is 0. The number of anilines is 1. The van der Waals surface area contributed by atoms with Gasteiger partial charge in [0, 0.05) is 19.2 Å². The van der Waals surface area contributed by atoms with Gasteiger partial charge in [-0.25, -0.2) is 0 Å². The van der Waals surface area contributed by atoms with E-state index in [-0.39, 0.29) is 17.7 Å². The molecule has 0 aliphatic rings. The number of amides is 1. The molecule has 1 amide bonds. The highest BCUT2D eigenvalue weighted by molar-refractivity contribution is 5.96. The number of hydrogen-bond donors (Lipinski definition) is 2. The van der Waals surface area contributed by atoms with E-state index in [1.165, 1.54) is 0 Å². The number of carbonyl (C=O) groups excluding carboxylic acids is 1. The zero-order chi connectivity index (χ0) is 15.4. The van der Waals surface area contributed by atoms with Gasteiger partial charge < -0.3 is 15.6 Å².